The van der Waals surface area contributed by atoms with Gasteiger partial charge in [-0.25, -0.2) is 4.68 Å². The summed E-state index contributed by atoms with van der Waals surface area (Å²) in [6.45, 7) is 10.7. The zero-order valence-electron chi connectivity index (χ0n) is 20.3. The normalized spacial score (nSPS) is 17.3. The van der Waals surface area contributed by atoms with Crippen LogP contribution in [0.25, 0.3) is 0 Å². The first-order chi connectivity index (χ1) is 15.7. The summed E-state index contributed by atoms with van der Waals surface area (Å²) >= 11 is 6.46. The van der Waals surface area contributed by atoms with Gasteiger partial charge < -0.3 is 5.32 Å². The van der Waals surface area contributed by atoms with Gasteiger partial charge in [-0.05, 0) is 62.8 Å². The van der Waals surface area contributed by atoms with E-state index >= 15 is 0 Å². The van der Waals surface area contributed by atoms with Gasteiger partial charge in [0.1, 0.15) is 5.82 Å². The molecule has 3 aromatic rings. The molecule has 5 heteroatoms. The molecule has 33 heavy (non-hydrogen) atoms. The number of aromatic nitrogens is 2. The van der Waals surface area contributed by atoms with E-state index in [1.54, 1.807) is 6.20 Å². The first-order valence-corrected chi connectivity index (χ1v) is 12.3. The molecule has 1 unspecified atom stereocenters. The van der Waals surface area contributed by atoms with Gasteiger partial charge >= 0.3 is 0 Å². The molecule has 1 aliphatic rings. The summed E-state index contributed by atoms with van der Waals surface area (Å²) in [5.74, 6) is 0.946. The van der Waals surface area contributed by atoms with Crippen molar-refractivity contribution in [2.24, 2.45) is 0 Å². The third-order valence-electron chi connectivity index (χ3n) is 7.50. The average Bonchev–Trinajstić information content (AvgIpc) is 3.25. The maximum absolute atomic E-state index is 13.8. The van der Waals surface area contributed by atoms with Gasteiger partial charge in [0.25, 0.3) is 0 Å². The van der Waals surface area contributed by atoms with E-state index in [2.05, 4.69) is 74.5 Å². The van der Waals surface area contributed by atoms with E-state index in [1.165, 1.54) is 5.56 Å². The fourth-order valence-corrected chi connectivity index (χ4v) is 5.36. The second-order valence-corrected chi connectivity index (χ2v) is 10.4. The van der Waals surface area contributed by atoms with Gasteiger partial charge in [0.2, 0.25) is 0 Å². The van der Waals surface area contributed by atoms with E-state index in [-0.39, 0.29) is 22.8 Å². The molecular formula is C28H34ClN3O. The molecule has 1 aliphatic heterocycles. The maximum atomic E-state index is 13.8. The van der Waals surface area contributed by atoms with Crippen LogP contribution in [0.3, 0.4) is 0 Å². The van der Waals surface area contributed by atoms with Crippen molar-refractivity contribution in [2.45, 2.75) is 77.3 Å². The number of carbonyl (C=O) groups is 1. The minimum atomic E-state index is -0.258. The molecule has 174 valence electrons. The van der Waals surface area contributed by atoms with E-state index in [9.17, 15) is 4.79 Å². The third-order valence-corrected chi connectivity index (χ3v) is 7.90. The third kappa shape index (κ3) is 4.33. The molecule has 2 aromatic carbocycles. The van der Waals surface area contributed by atoms with E-state index in [1.807, 2.05) is 23.7 Å². The van der Waals surface area contributed by atoms with Crippen LogP contribution in [-0.4, -0.2) is 15.6 Å². The molecule has 0 amide bonds. The Morgan fingerprint density at radius 2 is 1.88 bits per heavy atom. The molecule has 0 bridgehead atoms. The first-order valence-electron chi connectivity index (χ1n) is 11.9. The zero-order chi connectivity index (χ0) is 23.8. The molecule has 2 heterocycles. The lowest BCUT2D eigenvalue weighted by Crippen LogP contribution is -2.38. The summed E-state index contributed by atoms with van der Waals surface area (Å²) in [5, 5.41) is 9.04. The van der Waals surface area contributed by atoms with Crippen LogP contribution >= 0.6 is 11.6 Å². The molecule has 0 saturated heterocycles. The second kappa shape index (κ2) is 8.98. The highest BCUT2D eigenvalue weighted by Crippen LogP contribution is 2.42. The minimum Gasteiger partial charge on any atom is -0.363 e. The summed E-state index contributed by atoms with van der Waals surface area (Å²) in [6, 6.07) is 16.8. The largest absolute Gasteiger partial charge is 0.363 e. The van der Waals surface area contributed by atoms with Crippen molar-refractivity contribution in [3.63, 3.8) is 0 Å². The number of nitrogens with zero attached hydrogens (tertiary/aromatic N) is 2. The van der Waals surface area contributed by atoms with Gasteiger partial charge in [0.15, 0.2) is 5.78 Å². The zero-order valence-corrected chi connectivity index (χ0v) is 21.0. The molecule has 1 atom stereocenters. The Hall–Kier alpha value is -2.59. The lowest BCUT2D eigenvalue weighted by Gasteiger charge is -2.38. The molecule has 4 rings (SSSR count). The number of Topliss-reactive ketones (excluding diaryl/α,β-unsaturated/α-hetero) is 1. The molecule has 0 saturated carbocycles. The van der Waals surface area contributed by atoms with Crippen molar-refractivity contribution in [3.05, 3.63) is 82.0 Å². The molecule has 0 radical (unpaired) electrons. The summed E-state index contributed by atoms with van der Waals surface area (Å²) in [5.41, 5.74) is 3.63. The predicted molar refractivity (Wildman–Crippen MR) is 136 cm³/mol. The van der Waals surface area contributed by atoms with Gasteiger partial charge in [-0.15, -0.1) is 0 Å². The smallest absolute Gasteiger partial charge is 0.169 e. The molecule has 0 aliphatic carbocycles. The van der Waals surface area contributed by atoms with Crippen molar-refractivity contribution >= 4 is 23.2 Å². The Bertz CT molecular complexity index is 1150. The van der Waals surface area contributed by atoms with Gasteiger partial charge in [-0.3, -0.25) is 4.79 Å². The number of hydrogen-bond acceptors (Lipinski definition) is 3. The van der Waals surface area contributed by atoms with Crippen molar-refractivity contribution in [1.82, 2.24) is 9.78 Å². The van der Waals surface area contributed by atoms with Crippen molar-refractivity contribution in [2.75, 3.05) is 5.32 Å². The fourth-order valence-electron chi connectivity index (χ4n) is 5.17. The highest BCUT2D eigenvalue weighted by atomic mass is 35.5. The molecule has 0 fully saturated rings. The Morgan fingerprint density at radius 3 is 2.52 bits per heavy atom. The monoisotopic (exact) mass is 463 g/mol. The van der Waals surface area contributed by atoms with Crippen molar-refractivity contribution in [3.8, 4) is 0 Å². The SMILES string of the molecule is CCC(CC)(CC(=O)c1cnn2c1NC(c1ccccc1)CC2(C)C)c1ccc(C)c(Cl)c1. The number of benzene rings is 2. The summed E-state index contributed by atoms with van der Waals surface area (Å²) in [7, 11) is 0. The molecular weight excluding hydrogens is 430 g/mol. The highest BCUT2D eigenvalue weighted by molar-refractivity contribution is 6.31. The minimum absolute atomic E-state index is 0.119. The number of hydrogen-bond donors (Lipinski definition) is 1. The van der Waals surface area contributed by atoms with Crippen LogP contribution in [0.1, 0.15) is 86.5 Å². The Morgan fingerprint density at radius 1 is 1.18 bits per heavy atom. The van der Waals surface area contributed by atoms with Gasteiger partial charge in [-0.2, -0.15) is 5.10 Å². The lowest BCUT2D eigenvalue weighted by molar-refractivity contribution is 0.0944. The number of ketones is 1. The van der Waals surface area contributed by atoms with Crippen molar-refractivity contribution < 1.29 is 4.79 Å². The number of rotatable bonds is 7. The van der Waals surface area contributed by atoms with Crippen LogP contribution in [0.5, 0.6) is 0 Å². The number of nitrogens with one attached hydrogen (secondary N) is 1. The van der Waals surface area contributed by atoms with Gasteiger partial charge in [-0.1, -0.05) is 67.9 Å². The number of anilines is 1. The van der Waals surface area contributed by atoms with Crippen molar-refractivity contribution in [1.29, 1.82) is 0 Å². The van der Waals surface area contributed by atoms with Gasteiger partial charge in [0, 0.05) is 16.9 Å². The van der Waals surface area contributed by atoms with Crippen LogP contribution < -0.4 is 5.32 Å². The van der Waals surface area contributed by atoms with Crippen LogP contribution in [0.2, 0.25) is 5.02 Å². The van der Waals surface area contributed by atoms with Gasteiger partial charge in [0.05, 0.1) is 23.3 Å². The fraction of sp³-hybridized carbons (Fsp3) is 0.429. The Kier molecular flexibility index (Phi) is 6.41. The van der Waals surface area contributed by atoms with E-state index in [0.29, 0.717) is 12.0 Å². The quantitative estimate of drug-likeness (QED) is 0.369. The first kappa shape index (κ1) is 23.6. The molecule has 1 aromatic heterocycles. The Balaban J connectivity index is 1.68. The molecule has 4 nitrogen and oxygen atoms in total. The summed E-state index contributed by atoms with van der Waals surface area (Å²) < 4.78 is 1.99. The average molecular weight is 464 g/mol. The van der Waals surface area contributed by atoms with Crippen LogP contribution in [0.15, 0.2) is 54.7 Å². The van der Waals surface area contributed by atoms with E-state index in [0.717, 1.165) is 41.2 Å². The Labute approximate surface area is 202 Å². The number of fused-ring (bicyclic) bond motifs is 1. The van der Waals surface area contributed by atoms with E-state index in [4.69, 9.17) is 11.6 Å². The predicted octanol–water partition coefficient (Wildman–Crippen LogP) is 7.47. The topological polar surface area (TPSA) is 46.9 Å². The maximum Gasteiger partial charge on any atom is 0.169 e. The lowest BCUT2D eigenvalue weighted by atomic mass is 9.71. The van der Waals surface area contributed by atoms with Crippen LogP contribution in [0, 0.1) is 6.92 Å². The standard InChI is InChI=1S/C28H34ClN3O/c1-6-28(7-2,21-14-13-19(3)23(29)15-21)17-25(33)22-18-30-32-26(22)31-24(16-27(32,4)5)20-11-9-8-10-12-20/h8-15,18,24,31H,6-7,16-17H2,1-5H3. The highest BCUT2D eigenvalue weighted by Gasteiger charge is 2.38. The number of carbonyl (C=O) groups excluding carboxylic acids is 1. The number of aryl methyl sites for hydroxylation is 1. The molecule has 0 spiro atoms. The second-order valence-electron chi connectivity index (χ2n) is 9.99. The summed E-state index contributed by atoms with van der Waals surface area (Å²) in [4.78, 5) is 13.8. The van der Waals surface area contributed by atoms with Crippen LogP contribution in [0.4, 0.5) is 5.82 Å². The number of halogens is 1. The summed E-state index contributed by atoms with van der Waals surface area (Å²) in [6.07, 6.45) is 4.80. The van der Waals surface area contributed by atoms with Crippen LogP contribution in [-0.2, 0) is 11.0 Å². The van der Waals surface area contributed by atoms with E-state index < -0.39 is 0 Å². The molecule has 1 N–H and O–H groups in total.